The van der Waals surface area contributed by atoms with Crippen LogP contribution < -0.4 is 4.90 Å². The zero-order valence-electron chi connectivity index (χ0n) is 9.71. The van der Waals surface area contributed by atoms with Crippen LogP contribution in [0.3, 0.4) is 0 Å². The SMILES string of the molecule is CC(C1CC1)N(C)c1ccc(Cl)cc1CCl. The number of anilines is 1. The van der Waals surface area contributed by atoms with Crippen LogP contribution in [0.1, 0.15) is 25.3 Å². The summed E-state index contributed by atoms with van der Waals surface area (Å²) in [5.41, 5.74) is 2.32. The summed E-state index contributed by atoms with van der Waals surface area (Å²) in [6.07, 6.45) is 2.71. The summed E-state index contributed by atoms with van der Waals surface area (Å²) in [6, 6.07) is 6.55. The molecule has 16 heavy (non-hydrogen) atoms. The molecule has 1 aliphatic rings. The summed E-state index contributed by atoms with van der Waals surface area (Å²) in [7, 11) is 2.14. The molecule has 1 saturated carbocycles. The van der Waals surface area contributed by atoms with Crippen molar-refractivity contribution in [2.45, 2.75) is 31.7 Å². The van der Waals surface area contributed by atoms with Gasteiger partial charge < -0.3 is 4.90 Å². The van der Waals surface area contributed by atoms with E-state index < -0.39 is 0 Å². The third-order valence-corrected chi connectivity index (χ3v) is 4.00. The van der Waals surface area contributed by atoms with E-state index in [4.69, 9.17) is 23.2 Å². The molecular formula is C13H17Cl2N. The molecular weight excluding hydrogens is 241 g/mol. The van der Waals surface area contributed by atoms with Gasteiger partial charge in [0.25, 0.3) is 0 Å². The second-order valence-corrected chi connectivity index (χ2v) is 5.30. The molecule has 1 aromatic carbocycles. The van der Waals surface area contributed by atoms with E-state index in [1.165, 1.54) is 18.5 Å². The molecule has 0 amide bonds. The van der Waals surface area contributed by atoms with Crippen molar-refractivity contribution in [2.75, 3.05) is 11.9 Å². The fourth-order valence-corrected chi connectivity index (χ4v) is 2.53. The Labute approximate surface area is 107 Å². The lowest BCUT2D eigenvalue weighted by molar-refractivity contribution is 0.608. The standard InChI is InChI=1S/C13H17Cl2N/c1-9(10-3-4-10)16(2)13-6-5-12(15)7-11(13)8-14/h5-7,9-10H,3-4,8H2,1-2H3. The minimum Gasteiger partial charge on any atom is -0.371 e. The molecule has 1 atom stereocenters. The molecule has 0 spiro atoms. The van der Waals surface area contributed by atoms with Crippen molar-refractivity contribution in [3.05, 3.63) is 28.8 Å². The zero-order chi connectivity index (χ0) is 11.7. The van der Waals surface area contributed by atoms with Crippen molar-refractivity contribution in [1.82, 2.24) is 0 Å². The maximum absolute atomic E-state index is 5.98. The van der Waals surface area contributed by atoms with Gasteiger partial charge in [0.2, 0.25) is 0 Å². The zero-order valence-corrected chi connectivity index (χ0v) is 11.2. The summed E-state index contributed by atoms with van der Waals surface area (Å²) >= 11 is 11.9. The maximum atomic E-state index is 5.98. The van der Waals surface area contributed by atoms with E-state index in [-0.39, 0.29) is 0 Å². The Morgan fingerprint density at radius 1 is 1.44 bits per heavy atom. The molecule has 88 valence electrons. The number of nitrogens with zero attached hydrogens (tertiary/aromatic N) is 1. The van der Waals surface area contributed by atoms with Gasteiger partial charge in [-0.1, -0.05) is 11.6 Å². The molecule has 1 fully saturated rings. The normalized spacial score (nSPS) is 17.2. The fourth-order valence-electron chi connectivity index (χ4n) is 2.12. The van der Waals surface area contributed by atoms with Crippen molar-refractivity contribution in [3.8, 4) is 0 Å². The van der Waals surface area contributed by atoms with Gasteiger partial charge in [0.05, 0.1) is 0 Å². The fraction of sp³-hybridized carbons (Fsp3) is 0.538. The van der Waals surface area contributed by atoms with Gasteiger partial charge in [0, 0.05) is 29.7 Å². The second-order valence-electron chi connectivity index (χ2n) is 4.60. The molecule has 2 rings (SSSR count). The predicted octanol–water partition coefficient (Wildman–Crippen LogP) is 4.31. The Kier molecular flexibility index (Phi) is 3.66. The van der Waals surface area contributed by atoms with Crippen LogP contribution >= 0.6 is 23.2 Å². The maximum Gasteiger partial charge on any atom is 0.0495 e. The van der Waals surface area contributed by atoms with Crippen LogP contribution in [0.2, 0.25) is 5.02 Å². The van der Waals surface area contributed by atoms with Gasteiger partial charge in [-0.25, -0.2) is 0 Å². The number of hydrogen-bond donors (Lipinski definition) is 0. The molecule has 0 heterocycles. The molecule has 0 saturated heterocycles. The van der Waals surface area contributed by atoms with Gasteiger partial charge in [-0.15, -0.1) is 11.6 Å². The first kappa shape index (κ1) is 12.1. The largest absolute Gasteiger partial charge is 0.371 e. The highest BCUT2D eigenvalue weighted by molar-refractivity contribution is 6.30. The first-order valence-electron chi connectivity index (χ1n) is 5.70. The highest BCUT2D eigenvalue weighted by Gasteiger charge is 2.31. The minimum absolute atomic E-state index is 0.512. The smallest absolute Gasteiger partial charge is 0.0495 e. The minimum atomic E-state index is 0.512. The van der Waals surface area contributed by atoms with Crippen LogP contribution in [0, 0.1) is 5.92 Å². The Morgan fingerprint density at radius 2 is 2.12 bits per heavy atom. The van der Waals surface area contributed by atoms with Crippen LogP contribution in [0.5, 0.6) is 0 Å². The lowest BCUT2D eigenvalue weighted by Gasteiger charge is -2.29. The van der Waals surface area contributed by atoms with E-state index in [0.717, 1.165) is 16.5 Å². The number of hydrogen-bond acceptors (Lipinski definition) is 1. The lowest BCUT2D eigenvalue weighted by atomic mass is 10.1. The monoisotopic (exact) mass is 257 g/mol. The van der Waals surface area contributed by atoms with E-state index >= 15 is 0 Å². The molecule has 1 unspecified atom stereocenters. The van der Waals surface area contributed by atoms with Crippen LogP contribution in [0.25, 0.3) is 0 Å². The van der Waals surface area contributed by atoms with E-state index in [1.807, 2.05) is 12.1 Å². The van der Waals surface area contributed by atoms with Gasteiger partial charge in [0.1, 0.15) is 0 Å². The number of rotatable bonds is 4. The Hall–Kier alpha value is -0.400. The quantitative estimate of drug-likeness (QED) is 0.727. The molecule has 0 N–H and O–H groups in total. The Balaban J connectivity index is 2.23. The summed E-state index contributed by atoms with van der Waals surface area (Å²) in [5.74, 6) is 1.36. The Bertz CT molecular complexity index is 374. The van der Waals surface area contributed by atoms with Gasteiger partial charge in [-0.05, 0) is 49.4 Å². The third kappa shape index (κ3) is 2.46. The van der Waals surface area contributed by atoms with E-state index in [1.54, 1.807) is 0 Å². The van der Waals surface area contributed by atoms with E-state index in [2.05, 4.69) is 24.9 Å². The molecule has 1 aliphatic carbocycles. The summed E-state index contributed by atoms with van der Waals surface area (Å²) in [5, 5.41) is 0.756. The molecule has 0 aromatic heterocycles. The molecule has 0 radical (unpaired) electrons. The predicted molar refractivity (Wildman–Crippen MR) is 71.6 cm³/mol. The van der Waals surface area contributed by atoms with Crippen molar-refractivity contribution in [1.29, 1.82) is 0 Å². The van der Waals surface area contributed by atoms with Crippen LogP contribution in [-0.2, 0) is 5.88 Å². The van der Waals surface area contributed by atoms with Crippen molar-refractivity contribution >= 4 is 28.9 Å². The Morgan fingerprint density at radius 3 is 2.69 bits per heavy atom. The summed E-state index contributed by atoms with van der Waals surface area (Å²) in [4.78, 5) is 2.33. The van der Waals surface area contributed by atoms with Crippen LogP contribution in [0.4, 0.5) is 5.69 Å². The molecule has 1 aromatic rings. The van der Waals surface area contributed by atoms with Crippen molar-refractivity contribution < 1.29 is 0 Å². The van der Waals surface area contributed by atoms with Gasteiger partial charge in [-0.3, -0.25) is 0 Å². The number of halogens is 2. The second kappa shape index (κ2) is 4.85. The third-order valence-electron chi connectivity index (χ3n) is 3.48. The lowest BCUT2D eigenvalue weighted by Crippen LogP contribution is -2.31. The van der Waals surface area contributed by atoms with Gasteiger partial charge in [0.15, 0.2) is 0 Å². The highest BCUT2D eigenvalue weighted by atomic mass is 35.5. The average Bonchev–Trinajstić information content (AvgIpc) is 3.10. The number of alkyl halides is 1. The molecule has 0 aliphatic heterocycles. The van der Waals surface area contributed by atoms with Crippen molar-refractivity contribution in [2.24, 2.45) is 5.92 Å². The molecule has 1 nitrogen and oxygen atoms in total. The average molecular weight is 258 g/mol. The van der Waals surface area contributed by atoms with Crippen LogP contribution in [-0.4, -0.2) is 13.1 Å². The molecule has 0 bridgehead atoms. The summed E-state index contributed by atoms with van der Waals surface area (Å²) in [6.45, 7) is 2.28. The topological polar surface area (TPSA) is 3.24 Å². The van der Waals surface area contributed by atoms with E-state index in [0.29, 0.717) is 11.9 Å². The first-order chi connectivity index (χ1) is 7.63. The van der Waals surface area contributed by atoms with Crippen molar-refractivity contribution in [3.63, 3.8) is 0 Å². The first-order valence-corrected chi connectivity index (χ1v) is 6.62. The molecule has 3 heteroatoms. The van der Waals surface area contributed by atoms with Gasteiger partial charge >= 0.3 is 0 Å². The number of benzene rings is 1. The highest BCUT2D eigenvalue weighted by Crippen LogP contribution is 2.37. The van der Waals surface area contributed by atoms with E-state index in [9.17, 15) is 0 Å². The summed E-state index contributed by atoms with van der Waals surface area (Å²) < 4.78 is 0. The van der Waals surface area contributed by atoms with Crippen LogP contribution in [0.15, 0.2) is 18.2 Å². The van der Waals surface area contributed by atoms with Gasteiger partial charge in [-0.2, -0.15) is 0 Å².